The van der Waals surface area contributed by atoms with Gasteiger partial charge in [0.05, 0.1) is 23.2 Å². The van der Waals surface area contributed by atoms with Gasteiger partial charge in [0.1, 0.15) is 11.6 Å². The van der Waals surface area contributed by atoms with Crippen LogP contribution in [-0.4, -0.2) is 78.9 Å². The maximum atomic E-state index is 16.2. The highest BCUT2D eigenvalue weighted by atomic mass is 35.5. The summed E-state index contributed by atoms with van der Waals surface area (Å²) in [6, 6.07) is 19.1. The number of amides is 5. The van der Waals surface area contributed by atoms with E-state index in [-0.39, 0.29) is 76.0 Å². The van der Waals surface area contributed by atoms with Crippen molar-refractivity contribution in [3.63, 3.8) is 0 Å². The van der Waals surface area contributed by atoms with Crippen molar-refractivity contribution in [1.29, 1.82) is 0 Å². The third kappa shape index (κ3) is 8.00. The number of nitrogens with zero attached hydrogens (tertiary/aromatic N) is 4. The maximum absolute atomic E-state index is 16.2. The first-order chi connectivity index (χ1) is 31.3. The summed E-state index contributed by atoms with van der Waals surface area (Å²) >= 11 is 6.68. The number of piperidine rings is 1. The van der Waals surface area contributed by atoms with Crippen LogP contribution in [0.5, 0.6) is 11.5 Å². The number of nitrogens with two attached hydrogens (primary N) is 1. The number of primary amides is 1. The first-order valence-corrected chi connectivity index (χ1v) is 22.5. The number of hydrogen-bond acceptors (Lipinski definition) is 9. The minimum absolute atomic E-state index is 0.0128. The van der Waals surface area contributed by atoms with Gasteiger partial charge in [-0.25, -0.2) is 13.6 Å². The number of ether oxygens (including phenoxy) is 2. The Morgan fingerprint density at radius 1 is 0.969 bits per heavy atom. The second-order valence-electron chi connectivity index (χ2n) is 17.5. The summed E-state index contributed by atoms with van der Waals surface area (Å²) < 4.78 is 45.7. The Morgan fingerprint density at radius 2 is 1.71 bits per heavy atom. The lowest BCUT2D eigenvalue weighted by molar-refractivity contribution is -0.127. The number of anilines is 2. The summed E-state index contributed by atoms with van der Waals surface area (Å²) in [5.74, 6) is -2.96. The van der Waals surface area contributed by atoms with Crippen LogP contribution in [0.15, 0.2) is 66.7 Å². The van der Waals surface area contributed by atoms with E-state index in [9.17, 15) is 19.2 Å². The summed E-state index contributed by atoms with van der Waals surface area (Å²) in [6.07, 6.45) is 4.73. The molecule has 0 bridgehead atoms. The van der Waals surface area contributed by atoms with Gasteiger partial charge in [0.25, 0.3) is 0 Å². The topological polar surface area (TPSA) is 173 Å². The molecular formula is C48H51ClF2N8O6. The molecule has 17 heteroatoms. The molecule has 1 aromatic heterocycles. The molecule has 0 radical (unpaired) electrons. The van der Waals surface area contributed by atoms with Gasteiger partial charge in [0, 0.05) is 97.4 Å². The lowest BCUT2D eigenvalue weighted by Gasteiger charge is -2.37. The highest BCUT2D eigenvalue weighted by molar-refractivity contribution is 6.34. The summed E-state index contributed by atoms with van der Waals surface area (Å²) in [5, 5.41) is 14.5. The van der Waals surface area contributed by atoms with E-state index in [1.165, 1.54) is 30.2 Å². The van der Waals surface area contributed by atoms with Gasteiger partial charge in [-0.3, -0.25) is 29.3 Å². The Balaban J connectivity index is 0.837. The molecule has 2 unspecified atom stereocenters. The first-order valence-electron chi connectivity index (χ1n) is 22.1. The summed E-state index contributed by atoms with van der Waals surface area (Å²) in [5.41, 5.74) is 7.38. The average molecular weight is 909 g/mol. The fourth-order valence-corrected chi connectivity index (χ4v) is 10.5. The molecule has 340 valence electrons. The minimum Gasteiger partial charge on any atom is -0.494 e. The number of halogens is 3. The number of carbonyl (C=O) groups is 4. The lowest BCUT2D eigenvalue weighted by Crippen LogP contribution is -2.49. The number of rotatable bonds is 11. The lowest BCUT2D eigenvalue weighted by atomic mass is 9.77. The van der Waals surface area contributed by atoms with Crippen molar-refractivity contribution in [3.05, 3.63) is 100 Å². The van der Waals surface area contributed by atoms with Crippen molar-refractivity contribution in [3.8, 4) is 22.6 Å². The molecule has 4 aromatic carbocycles. The number of benzene rings is 4. The second-order valence-corrected chi connectivity index (χ2v) is 17.9. The molecule has 5 amide bonds. The van der Waals surface area contributed by atoms with E-state index in [0.29, 0.717) is 30.8 Å². The van der Waals surface area contributed by atoms with Crippen molar-refractivity contribution in [1.82, 2.24) is 25.7 Å². The van der Waals surface area contributed by atoms with Gasteiger partial charge in [-0.2, -0.15) is 5.10 Å². The number of aryl methyl sites for hydroxylation is 1. The second kappa shape index (κ2) is 17.6. The van der Waals surface area contributed by atoms with Crippen LogP contribution in [-0.2, 0) is 22.2 Å². The normalized spacial score (nSPS) is 22.4. The van der Waals surface area contributed by atoms with E-state index < -0.39 is 35.1 Å². The molecule has 5 N–H and O–H groups in total. The monoisotopic (exact) mass is 908 g/mol. The number of carbonyl (C=O) groups excluding carboxylic acids is 4. The molecule has 1 aliphatic carbocycles. The van der Waals surface area contributed by atoms with Crippen LogP contribution in [0.2, 0.25) is 5.02 Å². The number of aromatic nitrogens is 2. The number of fused-ring (bicyclic) bond motifs is 2. The number of nitrogens with one attached hydrogen (secondary N) is 3. The van der Waals surface area contributed by atoms with Gasteiger partial charge in [0.15, 0.2) is 23.0 Å². The minimum atomic E-state index is -1.08. The quantitative estimate of drug-likeness (QED) is 0.108. The van der Waals surface area contributed by atoms with E-state index in [0.717, 1.165) is 60.9 Å². The van der Waals surface area contributed by atoms with Crippen LogP contribution in [0.1, 0.15) is 79.3 Å². The first kappa shape index (κ1) is 44.0. The fourth-order valence-electron chi connectivity index (χ4n) is 10.2. The molecule has 1 saturated carbocycles. The van der Waals surface area contributed by atoms with E-state index in [1.807, 2.05) is 56.4 Å². The third-order valence-corrected chi connectivity index (χ3v) is 14.2. The number of hydrogen-bond donors (Lipinski definition) is 4. The van der Waals surface area contributed by atoms with E-state index >= 15 is 8.78 Å². The smallest absolute Gasteiger partial charge is 0.329 e. The Morgan fingerprint density at radius 3 is 2.40 bits per heavy atom. The third-order valence-electron chi connectivity index (χ3n) is 13.8. The predicted octanol–water partition coefficient (Wildman–Crippen LogP) is 7.05. The van der Waals surface area contributed by atoms with E-state index in [4.69, 9.17) is 26.8 Å². The summed E-state index contributed by atoms with van der Waals surface area (Å²) in [6.45, 7) is 4.04. The molecule has 2 atom stereocenters. The van der Waals surface area contributed by atoms with Crippen LogP contribution in [0.3, 0.4) is 0 Å². The highest BCUT2D eigenvalue weighted by Crippen LogP contribution is 2.56. The molecule has 4 heterocycles. The number of urea groups is 1. The summed E-state index contributed by atoms with van der Waals surface area (Å²) in [7, 11) is 3.13. The zero-order chi connectivity index (χ0) is 45.7. The van der Waals surface area contributed by atoms with Crippen LogP contribution in [0.4, 0.5) is 25.1 Å². The molecule has 65 heavy (non-hydrogen) atoms. The van der Waals surface area contributed by atoms with Crippen LogP contribution < -0.4 is 41.0 Å². The highest BCUT2D eigenvalue weighted by Gasteiger charge is 2.50. The van der Waals surface area contributed by atoms with Crippen LogP contribution in [0, 0.1) is 17.6 Å². The molecule has 5 aromatic rings. The van der Waals surface area contributed by atoms with Gasteiger partial charge in [0.2, 0.25) is 17.7 Å². The van der Waals surface area contributed by atoms with Crippen molar-refractivity contribution in [2.75, 3.05) is 43.1 Å². The molecule has 3 aliphatic heterocycles. The van der Waals surface area contributed by atoms with Crippen molar-refractivity contribution in [2.24, 2.45) is 18.7 Å². The van der Waals surface area contributed by atoms with Gasteiger partial charge in [-0.15, -0.1) is 0 Å². The van der Waals surface area contributed by atoms with Gasteiger partial charge in [-0.1, -0.05) is 48.9 Å². The number of imide groups is 1. The van der Waals surface area contributed by atoms with Gasteiger partial charge >= 0.3 is 6.03 Å². The Hall–Kier alpha value is -6.26. The van der Waals surface area contributed by atoms with Crippen molar-refractivity contribution >= 4 is 57.8 Å². The zero-order valence-electron chi connectivity index (χ0n) is 36.4. The molecule has 9 rings (SSSR count). The van der Waals surface area contributed by atoms with Crippen molar-refractivity contribution in [2.45, 2.75) is 75.5 Å². The summed E-state index contributed by atoms with van der Waals surface area (Å²) in [4.78, 5) is 54.4. The fraction of sp³-hybridized carbons (Fsp3) is 0.396. The SMILES string of the molecule is COc1ccc(C(N)=O)c(-c2c(Cl)c(F)cc3c2C(C)C(CNC2CCC(C(=O)NC4CCN(c5ccc6c(N7CCC(=O)NC7=O)nn(C)c6c5)CC4)CC2)(c2ccccc2)O3)c1F. The van der Waals surface area contributed by atoms with Crippen molar-refractivity contribution < 1.29 is 37.4 Å². The maximum Gasteiger partial charge on any atom is 0.329 e. The Bertz CT molecular complexity index is 2700. The van der Waals surface area contributed by atoms with E-state index in [2.05, 4.69) is 32.0 Å². The molecule has 2 saturated heterocycles. The molecule has 4 aliphatic rings. The standard InChI is InChI=1S/C48H51ClF2N8O6/c1-26-39-37(24-34(50)42(49)41(39)40-33(44(52)61)15-16-36(64-3)43(40)51)65-48(26,28-7-5-4-6-8-28)25-53-29-11-9-27(10-12-29)46(62)54-30-17-20-58(21-18-30)31-13-14-32-35(23-31)57(2)56-45(32)59-22-19-38(60)55-47(59)63/h4-8,13-16,23-24,26-27,29-30,53H,9-12,17-22,25H2,1-3H3,(H2,52,61)(H,54,62)(H,55,60,63). The largest absolute Gasteiger partial charge is 0.494 e. The van der Waals surface area contributed by atoms with Crippen LogP contribution >= 0.6 is 11.6 Å². The van der Waals surface area contributed by atoms with E-state index in [1.54, 1.807) is 4.68 Å². The average Bonchev–Trinajstić information content (AvgIpc) is 3.78. The molecule has 3 fully saturated rings. The molecule has 14 nitrogen and oxygen atoms in total. The van der Waals surface area contributed by atoms with Gasteiger partial charge < -0.3 is 30.7 Å². The number of methoxy groups -OCH3 is 1. The van der Waals surface area contributed by atoms with Gasteiger partial charge in [-0.05, 0) is 74.4 Å². The molecular weight excluding hydrogens is 858 g/mol. The Labute approximate surface area is 379 Å². The molecule has 0 spiro atoms. The zero-order valence-corrected chi connectivity index (χ0v) is 37.1. The predicted molar refractivity (Wildman–Crippen MR) is 242 cm³/mol. The van der Waals surface area contributed by atoms with Crippen LogP contribution in [0.25, 0.3) is 22.0 Å². The Kier molecular flexibility index (Phi) is 11.9.